The Hall–Kier alpha value is -1.48. The van der Waals surface area contributed by atoms with Crippen LogP contribution in [0.4, 0.5) is 0 Å². The van der Waals surface area contributed by atoms with Gasteiger partial charge in [-0.3, -0.25) is 0 Å². The normalized spacial score (nSPS) is 12.4. The van der Waals surface area contributed by atoms with Crippen LogP contribution in [0.3, 0.4) is 0 Å². The van der Waals surface area contributed by atoms with E-state index in [1.807, 2.05) is 0 Å². The Balaban J connectivity index is 2.61. The minimum Gasteiger partial charge on any atom is -0.384 e. The fourth-order valence-corrected chi connectivity index (χ4v) is 0.488. The van der Waals surface area contributed by atoms with Crippen molar-refractivity contribution in [2.24, 2.45) is 0 Å². The molecule has 2 N–H and O–H groups in total. The maximum Gasteiger partial charge on any atom is 0.203 e. The molecule has 0 aliphatic heterocycles. The van der Waals surface area contributed by atoms with E-state index in [0.717, 1.165) is 0 Å². The molecule has 1 unspecified atom stereocenters. The van der Waals surface area contributed by atoms with Gasteiger partial charge in [-0.05, 0) is 0 Å². The van der Waals surface area contributed by atoms with Gasteiger partial charge in [-0.25, -0.2) is 0 Å². The molecule has 0 aromatic carbocycles. The van der Waals surface area contributed by atoms with Crippen molar-refractivity contribution >= 4 is 0 Å². The molecule has 1 heterocycles. The molecule has 6 nitrogen and oxygen atoms in total. The summed E-state index contributed by atoms with van der Waals surface area (Å²) in [6.07, 6.45) is -0.941. The number of nitriles is 1. The van der Waals surface area contributed by atoms with Crippen molar-refractivity contribution in [3.63, 3.8) is 0 Å². The van der Waals surface area contributed by atoms with Gasteiger partial charge in [0.2, 0.25) is 5.82 Å². The third kappa shape index (κ3) is 1.27. The van der Waals surface area contributed by atoms with E-state index in [9.17, 15) is 0 Å². The van der Waals surface area contributed by atoms with Gasteiger partial charge in [0.25, 0.3) is 0 Å². The van der Waals surface area contributed by atoms with Gasteiger partial charge in [0.1, 0.15) is 6.10 Å². The van der Waals surface area contributed by atoms with E-state index in [1.54, 1.807) is 6.07 Å². The topological polar surface area (TPSA) is 98.5 Å². The molecule has 52 valence electrons. The number of hydrogen-bond acceptors (Lipinski definition) is 5. The number of H-pyrrole nitrogens is 1. The zero-order chi connectivity index (χ0) is 7.40. The number of nitrogens with one attached hydrogen (secondary N) is 1. The van der Waals surface area contributed by atoms with Crippen LogP contribution in [-0.2, 0) is 0 Å². The van der Waals surface area contributed by atoms with E-state index in [0.29, 0.717) is 0 Å². The van der Waals surface area contributed by atoms with E-state index in [-0.39, 0.29) is 12.2 Å². The predicted octanol–water partition coefficient (Wildman–Crippen LogP) is -0.853. The summed E-state index contributed by atoms with van der Waals surface area (Å²) in [6.45, 7) is 0. The number of nitrogens with zero attached hydrogens (tertiary/aromatic N) is 4. The van der Waals surface area contributed by atoms with Gasteiger partial charge in [-0.15, -0.1) is 10.2 Å². The minimum absolute atomic E-state index is 0.0144. The van der Waals surface area contributed by atoms with Gasteiger partial charge in [0.15, 0.2) is 0 Å². The Morgan fingerprint density at radius 1 is 1.80 bits per heavy atom. The molecule has 0 spiro atoms. The van der Waals surface area contributed by atoms with E-state index >= 15 is 0 Å². The summed E-state index contributed by atoms with van der Waals surface area (Å²) in [7, 11) is 0. The van der Waals surface area contributed by atoms with Crippen molar-refractivity contribution in [1.29, 1.82) is 5.26 Å². The van der Waals surface area contributed by atoms with Crippen LogP contribution >= 0.6 is 0 Å². The van der Waals surface area contributed by atoms with Crippen LogP contribution in [0, 0.1) is 11.3 Å². The Labute approximate surface area is 56.5 Å². The number of hydrogen-bond donors (Lipinski definition) is 2. The number of aliphatic hydroxyl groups excluding tert-OH is 1. The highest BCUT2D eigenvalue weighted by atomic mass is 16.3. The maximum absolute atomic E-state index is 9.00. The van der Waals surface area contributed by atoms with E-state index in [2.05, 4.69) is 20.6 Å². The number of aromatic nitrogens is 4. The first-order valence-electron chi connectivity index (χ1n) is 2.63. The summed E-state index contributed by atoms with van der Waals surface area (Å²) in [5.41, 5.74) is 0. The summed E-state index contributed by atoms with van der Waals surface area (Å²) in [5.74, 6) is 0.154. The highest BCUT2D eigenvalue weighted by Gasteiger charge is 2.10. The van der Waals surface area contributed by atoms with E-state index < -0.39 is 6.10 Å². The highest BCUT2D eigenvalue weighted by Crippen LogP contribution is 2.07. The smallest absolute Gasteiger partial charge is 0.203 e. The standard InChI is InChI=1S/C4H5N5O/c5-2-1-3(10)4-6-8-9-7-4/h3,10H,1H2,(H,6,7,8,9). The Morgan fingerprint density at radius 2 is 2.60 bits per heavy atom. The first-order valence-corrected chi connectivity index (χ1v) is 2.63. The van der Waals surface area contributed by atoms with Crippen molar-refractivity contribution in [1.82, 2.24) is 20.6 Å². The summed E-state index contributed by atoms with van der Waals surface area (Å²) in [4.78, 5) is 0. The van der Waals surface area contributed by atoms with Gasteiger partial charge in [0, 0.05) is 0 Å². The molecule has 0 saturated carbocycles. The van der Waals surface area contributed by atoms with Gasteiger partial charge >= 0.3 is 0 Å². The predicted molar refractivity (Wildman–Crippen MR) is 29.4 cm³/mol. The molecule has 0 aliphatic rings. The third-order valence-corrected chi connectivity index (χ3v) is 0.944. The molecule has 0 radical (unpaired) electrons. The first-order chi connectivity index (χ1) is 4.84. The van der Waals surface area contributed by atoms with Crippen molar-refractivity contribution < 1.29 is 5.11 Å². The number of rotatable bonds is 2. The summed E-state index contributed by atoms with van der Waals surface area (Å²) in [5, 5.41) is 29.5. The SMILES string of the molecule is N#CCC(O)c1nn[nH]n1. The monoisotopic (exact) mass is 139 g/mol. The molecular formula is C4H5N5O. The molecule has 0 amide bonds. The van der Waals surface area contributed by atoms with Gasteiger partial charge in [-0.1, -0.05) is 5.21 Å². The lowest BCUT2D eigenvalue weighted by Gasteiger charge is -1.95. The lowest BCUT2D eigenvalue weighted by atomic mass is 10.3. The highest BCUT2D eigenvalue weighted by molar-refractivity contribution is 4.89. The molecule has 10 heavy (non-hydrogen) atoms. The van der Waals surface area contributed by atoms with Crippen molar-refractivity contribution in [2.45, 2.75) is 12.5 Å². The average Bonchev–Trinajstić information content (AvgIpc) is 2.38. The second kappa shape index (κ2) is 2.89. The molecule has 1 rings (SSSR count). The molecule has 1 atom stereocenters. The zero-order valence-electron chi connectivity index (χ0n) is 5.02. The average molecular weight is 139 g/mol. The quantitative estimate of drug-likeness (QED) is 0.555. The fraction of sp³-hybridized carbons (Fsp3) is 0.500. The van der Waals surface area contributed by atoms with E-state index in [1.165, 1.54) is 0 Å². The van der Waals surface area contributed by atoms with Gasteiger partial charge in [-0.2, -0.15) is 10.5 Å². The molecule has 0 fully saturated rings. The Bertz CT molecular complexity index is 224. The lowest BCUT2D eigenvalue weighted by molar-refractivity contribution is 0.173. The van der Waals surface area contributed by atoms with Crippen molar-refractivity contribution in [3.8, 4) is 6.07 Å². The van der Waals surface area contributed by atoms with E-state index in [4.69, 9.17) is 10.4 Å². The largest absolute Gasteiger partial charge is 0.384 e. The first kappa shape index (κ1) is 6.64. The maximum atomic E-state index is 9.00. The van der Waals surface area contributed by atoms with Crippen LogP contribution in [0.1, 0.15) is 18.3 Å². The zero-order valence-corrected chi connectivity index (χ0v) is 5.02. The summed E-state index contributed by atoms with van der Waals surface area (Å²) < 4.78 is 0. The number of aliphatic hydroxyl groups is 1. The molecule has 6 heteroatoms. The van der Waals surface area contributed by atoms with Crippen LogP contribution in [0.2, 0.25) is 0 Å². The second-order valence-corrected chi connectivity index (χ2v) is 1.65. The van der Waals surface area contributed by atoms with Crippen LogP contribution in [0.25, 0.3) is 0 Å². The molecule has 1 aromatic heterocycles. The van der Waals surface area contributed by atoms with Crippen molar-refractivity contribution in [3.05, 3.63) is 5.82 Å². The van der Waals surface area contributed by atoms with Gasteiger partial charge < -0.3 is 5.11 Å². The molecule has 0 bridgehead atoms. The van der Waals surface area contributed by atoms with Crippen LogP contribution in [-0.4, -0.2) is 25.7 Å². The Morgan fingerprint density at radius 3 is 3.10 bits per heavy atom. The van der Waals surface area contributed by atoms with Crippen molar-refractivity contribution in [2.75, 3.05) is 0 Å². The third-order valence-electron chi connectivity index (χ3n) is 0.944. The van der Waals surface area contributed by atoms with Crippen LogP contribution in [0.15, 0.2) is 0 Å². The molecule has 0 saturated heterocycles. The van der Waals surface area contributed by atoms with Gasteiger partial charge in [0.05, 0.1) is 12.5 Å². The Kier molecular flexibility index (Phi) is 1.92. The minimum atomic E-state index is -0.927. The molecule has 1 aromatic rings. The van der Waals surface area contributed by atoms with Crippen LogP contribution < -0.4 is 0 Å². The molecule has 0 aliphatic carbocycles. The number of aromatic amines is 1. The fourth-order valence-electron chi connectivity index (χ4n) is 0.488. The molecular weight excluding hydrogens is 134 g/mol. The number of tetrazole rings is 1. The summed E-state index contributed by atoms with van der Waals surface area (Å²) >= 11 is 0. The summed E-state index contributed by atoms with van der Waals surface area (Å²) in [6, 6.07) is 1.78. The second-order valence-electron chi connectivity index (χ2n) is 1.65. The lowest BCUT2D eigenvalue weighted by Crippen LogP contribution is -1.98. The van der Waals surface area contributed by atoms with Crippen LogP contribution in [0.5, 0.6) is 0 Å².